The molecule has 4 bridgehead atoms. The highest BCUT2D eigenvalue weighted by Crippen LogP contribution is 2.59. The molecule has 1 amide bonds. The molecule has 0 radical (unpaired) electrons. The predicted octanol–water partition coefficient (Wildman–Crippen LogP) is 3.14. The summed E-state index contributed by atoms with van der Waals surface area (Å²) in [4.78, 5) is 35.4. The molecule has 29 heavy (non-hydrogen) atoms. The molecule has 4 saturated carbocycles. The average molecular weight is 399 g/mol. The second-order valence-electron chi connectivity index (χ2n) is 9.23. The van der Waals surface area contributed by atoms with E-state index in [1.807, 2.05) is 0 Å². The number of rotatable bonds is 8. The summed E-state index contributed by atoms with van der Waals surface area (Å²) in [6, 6.07) is 6.61. The van der Waals surface area contributed by atoms with Gasteiger partial charge in [0, 0.05) is 12.1 Å². The Kier molecular flexibility index (Phi) is 5.61. The molecule has 1 N–H and O–H groups in total. The zero-order chi connectivity index (χ0) is 20.4. The van der Waals surface area contributed by atoms with Crippen LogP contribution in [0.2, 0.25) is 0 Å². The molecule has 6 heteroatoms. The number of carbonyl (C=O) groups is 3. The van der Waals surface area contributed by atoms with Gasteiger partial charge >= 0.3 is 5.97 Å². The number of nitrogens with one attached hydrogen (secondary N) is 1. The van der Waals surface area contributed by atoms with Crippen molar-refractivity contribution in [2.45, 2.75) is 45.4 Å². The molecule has 1 aromatic rings. The van der Waals surface area contributed by atoms with Crippen LogP contribution in [0, 0.1) is 23.2 Å². The van der Waals surface area contributed by atoms with Crippen molar-refractivity contribution in [1.29, 1.82) is 0 Å². The molecule has 0 heterocycles. The maximum atomic E-state index is 12.2. The first-order valence-corrected chi connectivity index (χ1v) is 10.6. The first-order valence-electron chi connectivity index (χ1n) is 10.6. The number of amides is 1. The van der Waals surface area contributed by atoms with Gasteiger partial charge in [0.15, 0.2) is 19.0 Å². The number of esters is 1. The van der Waals surface area contributed by atoms with Gasteiger partial charge in [-0.2, -0.15) is 0 Å². The van der Waals surface area contributed by atoms with Crippen LogP contribution in [0.3, 0.4) is 0 Å². The zero-order valence-corrected chi connectivity index (χ0v) is 16.9. The Balaban J connectivity index is 1.18. The molecular weight excluding hydrogens is 370 g/mol. The molecule has 0 saturated heterocycles. The maximum absolute atomic E-state index is 12.2. The maximum Gasteiger partial charge on any atom is 0.344 e. The highest BCUT2D eigenvalue weighted by molar-refractivity contribution is 5.94. The smallest absolute Gasteiger partial charge is 0.344 e. The van der Waals surface area contributed by atoms with Crippen LogP contribution >= 0.6 is 0 Å². The normalized spacial score (nSPS) is 29.3. The third kappa shape index (κ3) is 4.80. The fraction of sp³-hybridized carbons (Fsp3) is 0.609. The Morgan fingerprint density at radius 2 is 1.69 bits per heavy atom. The van der Waals surface area contributed by atoms with Crippen LogP contribution in [0.1, 0.15) is 55.8 Å². The topological polar surface area (TPSA) is 81.7 Å². The Bertz CT molecular complexity index is 767. The molecule has 156 valence electrons. The van der Waals surface area contributed by atoms with Crippen molar-refractivity contribution in [1.82, 2.24) is 5.32 Å². The fourth-order valence-corrected chi connectivity index (χ4v) is 5.98. The summed E-state index contributed by atoms with van der Waals surface area (Å²) in [5, 5.41) is 2.99. The molecule has 0 unspecified atom stereocenters. The van der Waals surface area contributed by atoms with Gasteiger partial charge in [-0.3, -0.25) is 9.59 Å². The summed E-state index contributed by atoms with van der Waals surface area (Å²) in [5.74, 6) is 2.00. The van der Waals surface area contributed by atoms with E-state index >= 15 is 0 Å². The number of benzene rings is 1. The summed E-state index contributed by atoms with van der Waals surface area (Å²) in [7, 11) is 0. The van der Waals surface area contributed by atoms with E-state index in [1.54, 1.807) is 24.3 Å². The second-order valence-corrected chi connectivity index (χ2v) is 9.23. The average Bonchev–Trinajstić information content (AvgIpc) is 2.68. The molecule has 0 aliphatic heterocycles. The second kappa shape index (κ2) is 8.17. The van der Waals surface area contributed by atoms with Gasteiger partial charge in [-0.1, -0.05) is 12.1 Å². The van der Waals surface area contributed by atoms with Gasteiger partial charge in [-0.25, -0.2) is 4.79 Å². The lowest BCUT2D eigenvalue weighted by Gasteiger charge is -2.56. The van der Waals surface area contributed by atoms with E-state index < -0.39 is 5.97 Å². The number of carbonyl (C=O) groups excluding carboxylic acids is 3. The number of hydrogen-bond acceptors (Lipinski definition) is 5. The van der Waals surface area contributed by atoms with Crippen molar-refractivity contribution in [3.8, 4) is 5.75 Å². The Hall–Kier alpha value is -2.37. The lowest BCUT2D eigenvalue weighted by atomic mass is 9.49. The van der Waals surface area contributed by atoms with Crippen LogP contribution in [0.25, 0.3) is 0 Å². The van der Waals surface area contributed by atoms with Crippen molar-refractivity contribution in [2.75, 3.05) is 19.8 Å². The van der Waals surface area contributed by atoms with Crippen LogP contribution in [0.15, 0.2) is 24.3 Å². The summed E-state index contributed by atoms with van der Waals surface area (Å²) in [6.07, 6.45) is 7.81. The van der Waals surface area contributed by atoms with E-state index in [9.17, 15) is 14.4 Å². The molecule has 0 spiro atoms. The molecule has 4 aliphatic carbocycles. The first kappa shape index (κ1) is 19.9. The van der Waals surface area contributed by atoms with Crippen LogP contribution in [-0.4, -0.2) is 37.4 Å². The van der Waals surface area contributed by atoms with Gasteiger partial charge in [0.2, 0.25) is 0 Å². The van der Waals surface area contributed by atoms with Gasteiger partial charge in [0.25, 0.3) is 5.91 Å². The van der Waals surface area contributed by atoms with E-state index in [0.717, 1.165) is 17.8 Å². The number of ether oxygens (including phenoxy) is 2. The van der Waals surface area contributed by atoms with Crippen LogP contribution in [-0.2, 0) is 14.3 Å². The highest BCUT2D eigenvalue weighted by atomic mass is 16.6. The SMILES string of the molecule is CC(=O)c1cccc(OCC(=O)OCC(=O)NCC23CC4CC(CC(C4)C2)C3)c1. The van der Waals surface area contributed by atoms with Crippen molar-refractivity contribution < 1.29 is 23.9 Å². The third-order valence-electron chi connectivity index (χ3n) is 6.79. The van der Waals surface area contributed by atoms with Crippen LogP contribution in [0.5, 0.6) is 5.75 Å². The lowest BCUT2D eigenvalue weighted by molar-refractivity contribution is -0.150. The van der Waals surface area contributed by atoms with Gasteiger partial charge < -0.3 is 14.8 Å². The summed E-state index contributed by atoms with van der Waals surface area (Å²) >= 11 is 0. The fourth-order valence-electron chi connectivity index (χ4n) is 5.98. The number of hydrogen-bond donors (Lipinski definition) is 1. The van der Waals surface area contributed by atoms with Gasteiger partial charge in [-0.05, 0) is 80.8 Å². The van der Waals surface area contributed by atoms with Crippen molar-refractivity contribution >= 4 is 17.7 Å². The van der Waals surface area contributed by atoms with Crippen LogP contribution in [0.4, 0.5) is 0 Å². The number of Topliss-reactive ketones (excluding diaryl/α,β-unsaturated/α-hetero) is 1. The van der Waals surface area contributed by atoms with E-state index in [1.165, 1.54) is 45.4 Å². The van der Waals surface area contributed by atoms with E-state index in [4.69, 9.17) is 9.47 Å². The van der Waals surface area contributed by atoms with Gasteiger partial charge in [0.05, 0.1) is 0 Å². The van der Waals surface area contributed by atoms with Crippen molar-refractivity contribution in [2.24, 2.45) is 23.2 Å². The zero-order valence-electron chi connectivity index (χ0n) is 16.9. The molecule has 1 aromatic carbocycles. The van der Waals surface area contributed by atoms with Crippen molar-refractivity contribution in [3.05, 3.63) is 29.8 Å². The molecule has 0 atom stereocenters. The monoisotopic (exact) mass is 399 g/mol. The van der Waals surface area contributed by atoms with Gasteiger partial charge in [0.1, 0.15) is 5.75 Å². The Morgan fingerprint density at radius 1 is 1.03 bits per heavy atom. The summed E-state index contributed by atoms with van der Waals surface area (Å²) in [5.41, 5.74) is 0.777. The Labute approximate surface area is 171 Å². The molecule has 0 aromatic heterocycles. The van der Waals surface area contributed by atoms with E-state index in [2.05, 4.69) is 5.32 Å². The summed E-state index contributed by atoms with van der Waals surface area (Å²) < 4.78 is 10.4. The van der Waals surface area contributed by atoms with E-state index in [0.29, 0.717) is 17.9 Å². The minimum absolute atomic E-state index is 0.0753. The Morgan fingerprint density at radius 3 is 2.31 bits per heavy atom. The standard InChI is InChI=1S/C23H29NO5/c1-15(25)19-3-2-4-20(8-19)28-13-22(27)29-12-21(26)24-14-23-9-16-5-17(10-23)7-18(6-16)11-23/h2-4,8,16-18H,5-7,9-14H2,1H3,(H,24,26). The lowest BCUT2D eigenvalue weighted by Crippen LogP contribution is -2.51. The van der Waals surface area contributed by atoms with Crippen molar-refractivity contribution in [3.63, 3.8) is 0 Å². The quantitative estimate of drug-likeness (QED) is 0.536. The molecule has 4 fully saturated rings. The van der Waals surface area contributed by atoms with Gasteiger partial charge in [-0.15, -0.1) is 0 Å². The van der Waals surface area contributed by atoms with Crippen LogP contribution < -0.4 is 10.1 Å². The highest BCUT2D eigenvalue weighted by Gasteiger charge is 2.50. The summed E-state index contributed by atoms with van der Waals surface area (Å²) in [6.45, 7) is 1.57. The third-order valence-corrected chi connectivity index (χ3v) is 6.79. The molecule has 4 aliphatic rings. The minimum Gasteiger partial charge on any atom is -0.482 e. The molecule has 6 nitrogen and oxygen atoms in total. The first-order chi connectivity index (χ1) is 13.9. The predicted molar refractivity (Wildman–Crippen MR) is 107 cm³/mol. The van der Waals surface area contributed by atoms with E-state index in [-0.39, 0.29) is 30.3 Å². The number of ketones is 1. The molecular formula is C23H29NO5. The molecule has 5 rings (SSSR count). The largest absolute Gasteiger partial charge is 0.482 e. The minimum atomic E-state index is -0.608.